The van der Waals surface area contributed by atoms with Crippen LogP contribution in [0.3, 0.4) is 0 Å². The van der Waals surface area contributed by atoms with E-state index in [0.717, 1.165) is 33.6 Å². The van der Waals surface area contributed by atoms with E-state index in [9.17, 15) is 22.8 Å². The molecule has 1 amide bonds. The number of hydrogen-bond donors (Lipinski definition) is 5. The number of amides is 1. The topological polar surface area (TPSA) is 222 Å². The first-order valence-electron chi connectivity index (χ1n) is 21.0. The largest absolute Gasteiger partial charge is 0.478 e. The summed E-state index contributed by atoms with van der Waals surface area (Å²) in [5.41, 5.74) is 26.4. The Morgan fingerprint density at radius 1 is 0.687 bits per heavy atom. The molecule has 0 fully saturated rings. The second kappa shape index (κ2) is 23.3. The van der Waals surface area contributed by atoms with Crippen molar-refractivity contribution >= 4 is 68.5 Å². The first-order valence-corrected chi connectivity index (χ1v) is 21.0. The highest BCUT2D eigenvalue weighted by molar-refractivity contribution is 6.31. The fourth-order valence-electron chi connectivity index (χ4n) is 7.14. The van der Waals surface area contributed by atoms with Crippen LogP contribution < -0.4 is 22.5 Å². The van der Waals surface area contributed by atoms with Gasteiger partial charge in [0.1, 0.15) is 34.3 Å². The molecule has 2 aromatic carbocycles. The minimum absolute atomic E-state index is 0.149. The fraction of sp³-hybridized carbons (Fsp3) is 0.184. The highest BCUT2D eigenvalue weighted by Gasteiger charge is 2.13. The third-order valence-corrected chi connectivity index (χ3v) is 10.6. The van der Waals surface area contributed by atoms with Gasteiger partial charge in [-0.05, 0) is 134 Å². The molecule has 346 valence electrons. The third-order valence-electron chi connectivity index (χ3n) is 10.2. The first kappa shape index (κ1) is 49.2. The molecule has 0 aliphatic rings. The number of fused-ring (bicyclic) bond motifs is 2. The van der Waals surface area contributed by atoms with Crippen molar-refractivity contribution in [2.45, 2.75) is 53.6 Å². The van der Waals surface area contributed by atoms with Crippen molar-refractivity contribution in [3.05, 3.63) is 187 Å². The number of carboxylic acids is 1. The molecule has 6 aromatic heterocycles. The van der Waals surface area contributed by atoms with Crippen molar-refractivity contribution in [3.8, 4) is 0 Å². The number of carbonyl (C=O) groups is 2. The van der Waals surface area contributed by atoms with Crippen LogP contribution in [0.25, 0.3) is 21.8 Å². The Morgan fingerprint density at radius 2 is 1.13 bits per heavy atom. The van der Waals surface area contributed by atoms with Crippen LogP contribution in [0.2, 0.25) is 10.0 Å². The lowest BCUT2D eigenvalue weighted by Crippen LogP contribution is -2.24. The van der Waals surface area contributed by atoms with Crippen LogP contribution in [0.5, 0.6) is 0 Å². The lowest BCUT2D eigenvalue weighted by molar-refractivity contribution is 0.0696. The van der Waals surface area contributed by atoms with Crippen LogP contribution in [-0.4, -0.2) is 54.0 Å². The van der Waals surface area contributed by atoms with Crippen molar-refractivity contribution in [2.24, 2.45) is 5.73 Å². The standard InChI is InChI=1S/C24H21ClFN5O.C16H10ClFN2O2.C8H13N3.CH3F/c1-13-5-22(27)31-14(2)20(13)12-30-24(32)16-3-4-28-19(10-16)7-15-6-17-9-18(25)11-29-23(17)21(26)8-15;17-12-6-11-3-9(5-14(18)15(11)20-8-12)4-13-7-10(16(21)22)1-2-19-13;1-5-3-8(10)11-6(2)7(5)4-9;1-2/h3-6,8-11H,7,12H2,1-2H3,(H2,27,31)(H,30,32);1-3,5-8H,4H2,(H,21,22);3H,4,9H2,1-2H3,(H2,10,11);1H3/i;;;1D. The Morgan fingerprint density at radius 3 is 1.58 bits per heavy atom. The summed E-state index contributed by atoms with van der Waals surface area (Å²) < 4.78 is 44.0. The molecule has 0 atom stereocenters. The molecular weight excluding hydrogens is 905 g/mol. The van der Waals surface area contributed by atoms with Crippen molar-refractivity contribution in [1.29, 1.82) is 0 Å². The van der Waals surface area contributed by atoms with Gasteiger partial charge in [-0.1, -0.05) is 23.2 Å². The van der Waals surface area contributed by atoms with Gasteiger partial charge in [0.05, 0.1) is 24.1 Å². The van der Waals surface area contributed by atoms with Gasteiger partial charge in [-0.3, -0.25) is 29.1 Å². The van der Waals surface area contributed by atoms with Gasteiger partial charge in [0.15, 0.2) is 0 Å². The van der Waals surface area contributed by atoms with Crippen LogP contribution in [-0.2, 0) is 25.9 Å². The summed E-state index contributed by atoms with van der Waals surface area (Å²) in [4.78, 5) is 48.5. The Balaban J connectivity index is 0.000000206. The normalized spacial score (nSPS) is 10.7. The van der Waals surface area contributed by atoms with E-state index in [0.29, 0.717) is 86.5 Å². The van der Waals surface area contributed by atoms with Gasteiger partial charge in [-0.15, -0.1) is 0 Å². The monoisotopic (exact) mass is 951 g/mol. The molecule has 8 N–H and O–H groups in total. The number of aromatic nitrogens is 6. The summed E-state index contributed by atoms with van der Waals surface area (Å²) in [6, 6.07) is 19.6. The van der Waals surface area contributed by atoms with Gasteiger partial charge in [0, 0.05) is 89.8 Å². The Hall–Kier alpha value is -7.27. The number of carboxylic acid groups (broad SMARTS) is 1. The van der Waals surface area contributed by atoms with E-state index in [-0.39, 0.29) is 22.5 Å². The molecule has 0 unspecified atom stereocenters. The van der Waals surface area contributed by atoms with Crippen LogP contribution in [0.15, 0.2) is 97.6 Å². The molecule has 67 heavy (non-hydrogen) atoms. The van der Waals surface area contributed by atoms with E-state index in [2.05, 4.69) is 35.2 Å². The molecular formula is C49H47Cl2F3N10O3. The van der Waals surface area contributed by atoms with Gasteiger partial charge in [0.25, 0.3) is 5.91 Å². The molecule has 0 bridgehead atoms. The summed E-state index contributed by atoms with van der Waals surface area (Å²) in [7, 11) is -1.00. The number of pyridine rings is 6. The van der Waals surface area contributed by atoms with E-state index < -0.39 is 24.8 Å². The van der Waals surface area contributed by atoms with Crippen LogP contribution >= 0.6 is 23.2 Å². The number of nitrogens with one attached hydrogen (secondary N) is 1. The molecule has 8 rings (SSSR count). The van der Waals surface area contributed by atoms with Crippen molar-refractivity contribution in [1.82, 2.24) is 35.2 Å². The number of hydrogen-bond acceptors (Lipinski definition) is 11. The Bertz CT molecular complexity index is 3070. The number of nitrogen functional groups attached to an aromatic ring is 2. The van der Waals surface area contributed by atoms with E-state index in [1.807, 2.05) is 39.8 Å². The van der Waals surface area contributed by atoms with Crippen LogP contribution in [0, 0.1) is 39.3 Å². The highest BCUT2D eigenvalue weighted by atomic mass is 35.5. The van der Waals surface area contributed by atoms with Crippen LogP contribution in [0.1, 0.15) is 78.2 Å². The number of alkyl halides is 1. The van der Waals surface area contributed by atoms with Gasteiger partial charge in [-0.25, -0.2) is 23.5 Å². The minimum atomic E-state index is -1.02. The zero-order valence-corrected chi connectivity index (χ0v) is 38.4. The quantitative estimate of drug-likeness (QED) is 0.0913. The molecule has 6 heterocycles. The predicted molar refractivity (Wildman–Crippen MR) is 257 cm³/mol. The average molecular weight is 953 g/mol. The fourth-order valence-corrected chi connectivity index (χ4v) is 7.48. The zero-order valence-electron chi connectivity index (χ0n) is 37.8. The summed E-state index contributed by atoms with van der Waals surface area (Å²) in [5.74, 6) is -1.10. The van der Waals surface area contributed by atoms with Gasteiger partial charge in [-0.2, -0.15) is 0 Å². The maximum absolute atomic E-state index is 14.4. The van der Waals surface area contributed by atoms with Crippen molar-refractivity contribution in [3.63, 3.8) is 0 Å². The van der Waals surface area contributed by atoms with Gasteiger partial charge < -0.3 is 27.6 Å². The summed E-state index contributed by atoms with van der Waals surface area (Å²) in [6.45, 7) is 8.58. The number of aryl methyl sites for hydroxylation is 4. The highest BCUT2D eigenvalue weighted by Crippen LogP contribution is 2.25. The SMILES string of the molecule is Cc1cc(N)nc(C)c1CN.Cc1cc(N)nc(C)c1CNC(=O)c1ccnc(Cc2cc(F)c3ncc(Cl)cc3c2)c1.O=C(O)c1ccnc(Cc2cc(F)c3ncc(Cl)cc3c2)c1.[2H]CF. The average Bonchev–Trinajstić information content (AvgIpc) is 3.26. The number of carbonyl (C=O) groups excluding carboxylic acids is 1. The zero-order chi connectivity index (χ0) is 49.7. The van der Waals surface area contributed by atoms with E-state index in [1.54, 1.807) is 42.6 Å². The third kappa shape index (κ3) is 13.6. The number of aromatic carboxylic acids is 1. The lowest BCUT2D eigenvalue weighted by atomic mass is 10.0. The molecule has 8 aromatic rings. The minimum Gasteiger partial charge on any atom is -0.478 e. The molecule has 0 aliphatic carbocycles. The second-order valence-corrected chi connectivity index (χ2v) is 16.0. The molecule has 0 saturated carbocycles. The van der Waals surface area contributed by atoms with E-state index in [4.69, 9.17) is 46.9 Å². The van der Waals surface area contributed by atoms with Gasteiger partial charge >= 0.3 is 5.97 Å². The number of benzene rings is 2. The molecule has 0 spiro atoms. The molecule has 18 heteroatoms. The van der Waals surface area contributed by atoms with Crippen LogP contribution in [0.4, 0.5) is 24.8 Å². The number of nitrogens with zero attached hydrogens (tertiary/aromatic N) is 6. The van der Waals surface area contributed by atoms with Gasteiger partial charge in [0.2, 0.25) is 0 Å². The number of anilines is 2. The predicted octanol–water partition coefficient (Wildman–Crippen LogP) is 9.57. The van der Waals surface area contributed by atoms with Crippen molar-refractivity contribution in [2.75, 3.05) is 18.6 Å². The molecule has 0 radical (unpaired) electrons. The van der Waals surface area contributed by atoms with E-state index >= 15 is 0 Å². The lowest BCUT2D eigenvalue weighted by Gasteiger charge is -2.12. The molecule has 0 saturated heterocycles. The number of nitrogens with two attached hydrogens (primary N) is 3. The summed E-state index contributed by atoms with van der Waals surface area (Å²) >= 11 is 11.9. The smallest absolute Gasteiger partial charge is 0.335 e. The molecule has 0 aliphatic heterocycles. The summed E-state index contributed by atoms with van der Waals surface area (Å²) in [6.07, 6.45) is 6.49. The maximum Gasteiger partial charge on any atom is 0.335 e. The first-order chi connectivity index (χ1) is 32.4. The number of rotatable bonds is 9. The maximum atomic E-state index is 14.4. The summed E-state index contributed by atoms with van der Waals surface area (Å²) in [5, 5.41) is 14.0. The second-order valence-electron chi connectivity index (χ2n) is 15.1. The Kier molecular flexibility index (Phi) is 17.1. The van der Waals surface area contributed by atoms with E-state index in [1.165, 1.54) is 42.9 Å². The Labute approximate surface area is 396 Å². The number of halogens is 5. The van der Waals surface area contributed by atoms with Crippen molar-refractivity contribution < 1.29 is 29.2 Å². The molecule has 13 nitrogen and oxygen atoms in total.